The Bertz CT molecular complexity index is 2000. The van der Waals surface area contributed by atoms with Gasteiger partial charge in [0, 0.05) is 67.9 Å². The van der Waals surface area contributed by atoms with Gasteiger partial charge in [0.1, 0.15) is 11.5 Å². The standard InChI is InChI=1S/C43H49N3O8/c1-48-36-24-34(23-35(47)25-36)46(27-28-9-8-10-30(17-28)31-19-38(49-2)42(53-6)39(20-31)50-3)33-12-15-45(16-13-33)26-29-11-14-44-37(18-29)32-21-40(51-4)43(54-7)41(22-32)52-5/h8-11,14,17-25,33,47H,12-13,15-16,26-27H2,1-7H3. The van der Waals surface area contributed by atoms with Crippen molar-refractivity contribution in [2.75, 3.05) is 67.8 Å². The lowest BCUT2D eigenvalue weighted by atomic mass is 9.98. The molecule has 6 rings (SSSR count). The summed E-state index contributed by atoms with van der Waals surface area (Å²) in [5.41, 5.74) is 6.91. The van der Waals surface area contributed by atoms with Crippen LogP contribution in [0.1, 0.15) is 24.0 Å². The predicted molar refractivity (Wildman–Crippen MR) is 210 cm³/mol. The zero-order valence-electron chi connectivity index (χ0n) is 32.0. The molecule has 0 aliphatic carbocycles. The number of likely N-dealkylation sites (tertiary alicyclic amines) is 1. The summed E-state index contributed by atoms with van der Waals surface area (Å²) < 4.78 is 39.1. The number of piperidine rings is 1. The Kier molecular flexibility index (Phi) is 12.2. The lowest BCUT2D eigenvalue weighted by molar-refractivity contribution is 0.201. The van der Waals surface area contributed by atoms with E-state index in [1.807, 2.05) is 42.6 Å². The van der Waals surface area contributed by atoms with Crippen LogP contribution in [0.2, 0.25) is 0 Å². The molecule has 1 N–H and O–H groups in total. The molecule has 5 aromatic rings. The Balaban J connectivity index is 1.22. The highest BCUT2D eigenvalue weighted by atomic mass is 16.5. The Morgan fingerprint density at radius 2 is 1.24 bits per heavy atom. The van der Waals surface area contributed by atoms with Crippen LogP contribution >= 0.6 is 0 Å². The second-order valence-electron chi connectivity index (χ2n) is 13.1. The number of aromatic nitrogens is 1. The fourth-order valence-electron chi connectivity index (χ4n) is 7.18. The van der Waals surface area contributed by atoms with E-state index in [-0.39, 0.29) is 11.8 Å². The SMILES string of the molecule is COc1cc(O)cc(N(Cc2cccc(-c3cc(OC)c(OC)c(OC)c3)c2)C2CCN(Cc3ccnc(-c4cc(OC)c(OC)c(OC)c4)c3)CC2)c1. The van der Waals surface area contributed by atoms with Crippen molar-refractivity contribution in [3.05, 3.63) is 96.2 Å². The number of rotatable bonds is 15. The molecule has 1 aliphatic heterocycles. The van der Waals surface area contributed by atoms with Gasteiger partial charge in [0.2, 0.25) is 11.5 Å². The number of pyridine rings is 1. The van der Waals surface area contributed by atoms with Crippen LogP contribution < -0.4 is 38.1 Å². The summed E-state index contributed by atoms with van der Waals surface area (Å²) in [6, 6.07) is 26.1. The van der Waals surface area contributed by atoms with Gasteiger partial charge in [-0.1, -0.05) is 18.2 Å². The summed E-state index contributed by atoms with van der Waals surface area (Å²) in [4.78, 5) is 9.54. The predicted octanol–water partition coefficient (Wildman–Crippen LogP) is 7.85. The maximum absolute atomic E-state index is 10.7. The molecule has 0 atom stereocenters. The lowest BCUT2D eigenvalue weighted by Crippen LogP contribution is -2.44. The highest BCUT2D eigenvalue weighted by molar-refractivity contribution is 5.72. The summed E-state index contributed by atoms with van der Waals surface area (Å²) in [6.07, 6.45) is 3.73. The van der Waals surface area contributed by atoms with Crippen LogP contribution in [0.3, 0.4) is 0 Å². The van der Waals surface area contributed by atoms with Crippen LogP contribution in [-0.2, 0) is 13.1 Å². The molecule has 0 amide bonds. The summed E-state index contributed by atoms with van der Waals surface area (Å²) in [6.45, 7) is 3.25. The number of methoxy groups -OCH3 is 7. The molecule has 54 heavy (non-hydrogen) atoms. The van der Waals surface area contributed by atoms with E-state index in [9.17, 15) is 5.11 Å². The average Bonchev–Trinajstić information content (AvgIpc) is 3.21. The third kappa shape index (κ3) is 8.36. The van der Waals surface area contributed by atoms with E-state index in [1.165, 1.54) is 5.56 Å². The van der Waals surface area contributed by atoms with Gasteiger partial charge < -0.3 is 43.2 Å². The second-order valence-corrected chi connectivity index (χ2v) is 13.1. The largest absolute Gasteiger partial charge is 0.508 e. The van der Waals surface area contributed by atoms with Crippen LogP contribution in [-0.4, -0.2) is 83.9 Å². The van der Waals surface area contributed by atoms with Crippen molar-refractivity contribution in [3.63, 3.8) is 0 Å². The number of ether oxygens (including phenoxy) is 7. The summed E-state index contributed by atoms with van der Waals surface area (Å²) in [5.74, 6) is 4.25. The van der Waals surface area contributed by atoms with Crippen molar-refractivity contribution >= 4 is 5.69 Å². The van der Waals surface area contributed by atoms with Crippen LogP contribution in [0.4, 0.5) is 5.69 Å². The number of phenols is 1. The van der Waals surface area contributed by atoms with Gasteiger partial charge in [-0.2, -0.15) is 0 Å². The first kappa shape index (κ1) is 37.9. The summed E-state index contributed by atoms with van der Waals surface area (Å²) >= 11 is 0. The second kappa shape index (κ2) is 17.3. The Hall–Kier alpha value is -5.81. The maximum Gasteiger partial charge on any atom is 0.203 e. The van der Waals surface area contributed by atoms with Gasteiger partial charge in [0.15, 0.2) is 23.0 Å². The molecule has 0 spiro atoms. The molecule has 0 radical (unpaired) electrons. The van der Waals surface area contributed by atoms with E-state index in [4.69, 9.17) is 33.2 Å². The van der Waals surface area contributed by atoms with Crippen molar-refractivity contribution in [2.24, 2.45) is 0 Å². The van der Waals surface area contributed by atoms with Crippen molar-refractivity contribution in [1.29, 1.82) is 0 Å². The number of aromatic hydroxyl groups is 1. The van der Waals surface area contributed by atoms with Gasteiger partial charge in [-0.05, 0) is 77.6 Å². The van der Waals surface area contributed by atoms with E-state index in [1.54, 1.807) is 55.8 Å². The molecule has 4 aromatic carbocycles. The molecule has 1 aromatic heterocycles. The number of anilines is 1. The molecule has 0 unspecified atom stereocenters. The fourth-order valence-corrected chi connectivity index (χ4v) is 7.18. The minimum Gasteiger partial charge on any atom is -0.508 e. The maximum atomic E-state index is 10.7. The quantitative estimate of drug-likeness (QED) is 0.114. The van der Waals surface area contributed by atoms with Crippen LogP contribution in [0.15, 0.2) is 85.1 Å². The summed E-state index contributed by atoms with van der Waals surface area (Å²) in [5, 5.41) is 10.7. The normalized spacial score (nSPS) is 13.2. The first-order valence-electron chi connectivity index (χ1n) is 17.8. The molecular formula is C43H49N3O8. The van der Waals surface area contributed by atoms with Crippen molar-refractivity contribution < 1.29 is 38.3 Å². The van der Waals surface area contributed by atoms with Crippen molar-refractivity contribution in [1.82, 2.24) is 9.88 Å². The molecular weight excluding hydrogens is 686 g/mol. The molecule has 2 heterocycles. The molecule has 0 bridgehead atoms. The minimum atomic E-state index is 0.165. The summed E-state index contributed by atoms with van der Waals surface area (Å²) in [7, 11) is 11.3. The van der Waals surface area contributed by atoms with E-state index < -0.39 is 0 Å². The Labute approximate surface area is 317 Å². The average molecular weight is 736 g/mol. The van der Waals surface area contributed by atoms with Crippen molar-refractivity contribution in [3.8, 4) is 68.4 Å². The topological polar surface area (TPSA) is 104 Å². The van der Waals surface area contributed by atoms with E-state index in [2.05, 4.69) is 51.2 Å². The molecule has 11 heteroatoms. The number of benzene rings is 4. The number of hydrogen-bond acceptors (Lipinski definition) is 11. The molecule has 1 aliphatic rings. The van der Waals surface area contributed by atoms with Gasteiger partial charge in [0.05, 0.1) is 55.5 Å². The Morgan fingerprint density at radius 1 is 0.630 bits per heavy atom. The molecule has 284 valence electrons. The van der Waals surface area contributed by atoms with Crippen LogP contribution in [0.25, 0.3) is 22.4 Å². The lowest BCUT2D eigenvalue weighted by Gasteiger charge is -2.40. The highest BCUT2D eigenvalue weighted by Gasteiger charge is 2.27. The number of nitrogens with zero attached hydrogens (tertiary/aromatic N) is 3. The van der Waals surface area contributed by atoms with E-state index >= 15 is 0 Å². The molecule has 1 fully saturated rings. The van der Waals surface area contributed by atoms with E-state index in [0.29, 0.717) is 46.8 Å². The molecule has 1 saturated heterocycles. The van der Waals surface area contributed by atoms with Gasteiger partial charge in [-0.25, -0.2) is 0 Å². The fraction of sp³-hybridized carbons (Fsp3) is 0.326. The number of phenolic OH excluding ortho intramolecular Hbond substituents is 1. The third-order valence-electron chi connectivity index (χ3n) is 9.91. The highest BCUT2D eigenvalue weighted by Crippen LogP contribution is 2.43. The van der Waals surface area contributed by atoms with Crippen molar-refractivity contribution in [2.45, 2.75) is 32.0 Å². The van der Waals surface area contributed by atoms with Gasteiger partial charge >= 0.3 is 0 Å². The number of hydrogen-bond donors (Lipinski definition) is 1. The smallest absolute Gasteiger partial charge is 0.203 e. The van der Waals surface area contributed by atoms with Crippen LogP contribution in [0, 0.1) is 0 Å². The van der Waals surface area contributed by atoms with Gasteiger partial charge in [-0.15, -0.1) is 0 Å². The minimum absolute atomic E-state index is 0.165. The van der Waals surface area contributed by atoms with Gasteiger partial charge in [-0.3, -0.25) is 9.88 Å². The first-order chi connectivity index (χ1) is 26.3. The van der Waals surface area contributed by atoms with E-state index in [0.717, 1.165) is 66.1 Å². The molecule has 0 saturated carbocycles. The van der Waals surface area contributed by atoms with Crippen LogP contribution in [0.5, 0.6) is 46.0 Å². The molecule has 11 nitrogen and oxygen atoms in total. The Morgan fingerprint density at radius 3 is 1.81 bits per heavy atom. The zero-order chi connectivity index (χ0) is 38.2. The monoisotopic (exact) mass is 735 g/mol. The zero-order valence-corrected chi connectivity index (χ0v) is 32.0. The first-order valence-corrected chi connectivity index (χ1v) is 17.8. The third-order valence-corrected chi connectivity index (χ3v) is 9.91. The van der Waals surface area contributed by atoms with Gasteiger partial charge in [0.25, 0.3) is 0 Å².